The van der Waals surface area contributed by atoms with Crippen molar-refractivity contribution in [3.63, 3.8) is 0 Å². The Morgan fingerprint density at radius 3 is 2.60 bits per heavy atom. The van der Waals surface area contributed by atoms with E-state index >= 15 is 0 Å². The van der Waals surface area contributed by atoms with E-state index in [1.54, 1.807) is 6.07 Å². The zero-order valence-electron chi connectivity index (χ0n) is 12.0. The molecule has 0 radical (unpaired) electrons. The van der Waals surface area contributed by atoms with Crippen molar-refractivity contribution in [2.75, 3.05) is 0 Å². The molecular formula is C14H21BrN2O3. The van der Waals surface area contributed by atoms with Gasteiger partial charge in [-0.05, 0) is 34.3 Å². The minimum atomic E-state index is -1.000. The third-order valence-corrected chi connectivity index (χ3v) is 3.76. The number of hydrogen-bond donors (Lipinski definition) is 2. The second kappa shape index (κ2) is 7.47. The van der Waals surface area contributed by atoms with Crippen molar-refractivity contribution < 1.29 is 14.7 Å². The third-order valence-electron chi connectivity index (χ3n) is 3.33. The number of aromatic nitrogens is 1. The molecule has 0 saturated carbocycles. The van der Waals surface area contributed by atoms with Crippen molar-refractivity contribution in [2.24, 2.45) is 5.92 Å². The highest BCUT2D eigenvalue weighted by atomic mass is 79.9. The second-order valence-corrected chi connectivity index (χ2v) is 5.83. The molecule has 0 aliphatic heterocycles. The van der Waals surface area contributed by atoms with Crippen LogP contribution in [-0.4, -0.2) is 27.6 Å². The third kappa shape index (κ3) is 4.10. The van der Waals surface area contributed by atoms with Crippen molar-refractivity contribution in [2.45, 2.75) is 46.2 Å². The number of nitrogens with zero attached hydrogens (tertiary/aromatic N) is 1. The van der Waals surface area contributed by atoms with Crippen LogP contribution in [0.25, 0.3) is 0 Å². The maximum absolute atomic E-state index is 12.3. The molecular weight excluding hydrogens is 324 g/mol. The normalized spacial score (nSPS) is 13.8. The van der Waals surface area contributed by atoms with E-state index in [0.717, 1.165) is 17.4 Å². The fraction of sp³-hybridized carbons (Fsp3) is 0.571. The average molecular weight is 345 g/mol. The topological polar surface area (TPSA) is 71.3 Å². The predicted octanol–water partition coefficient (Wildman–Crippen LogP) is 2.89. The summed E-state index contributed by atoms with van der Waals surface area (Å²) < 4.78 is 2.64. The summed E-state index contributed by atoms with van der Waals surface area (Å²) in [4.78, 5) is 23.5. The van der Waals surface area contributed by atoms with Gasteiger partial charge in [-0.2, -0.15) is 0 Å². The van der Waals surface area contributed by atoms with Gasteiger partial charge in [-0.3, -0.25) is 4.79 Å². The molecule has 1 heterocycles. The predicted molar refractivity (Wildman–Crippen MR) is 80.8 cm³/mol. The lowest BCUT2D eigenvalue weighted by Gasteiger charge is -2.20. The Bertz CT molecular complexity index is 485. The first kappa shape index (κ1) is 16.8. The summed E-state index contributed by atoms with van der Waals surface area (Å²) in [6.45, 7) is 6.47. The summed E-state index contributed by atoms with van der Waals surface area (Å²) in [6.07, 6.45) is 3.42. The number of carboxylic acid groups (broad SMARTS) is 1. The zero-order chi connectivity index (χ0) is 15.3. The number of carbonyl (C=O) groups excluding carboxylic acids is 1. The fourth-order valence-corrected chi connectivity index (χ4v) is 2.45. The lowest BCUT2D eigenvalue weighted by Crippen LogP contribution is -2.45. The van der Waals surface area contributed by atoms with E-state index in [2.05, 4.69) is 21.2 Å². The van der Waals surface area contributed by atoms with Gasteiger partial charge in [0.15, 0.2) is 0 Å². The summed E-state index contributed by atoms with van der Waals surface area (Å²) >= 11 is 3.34. The molecule has 2 unspecified atom stereocenters. The Morgan fingerprint density at radius 1 is 1.45 bits per heavy atom. The number of aryl methyl sites for hydroxylation is 1. The molecule has 2 N–H and O–H groups in total. The first-order valence-corrected chi connectivity index (χ1v) is 7.59. The van der Waals surface area contributed by atoms with Crippen LogP contribution in [0.3, 0.4) is 0 Å². The summed E-state index contributed by atoms with van der Waals surface area (Å²) in [7, 11) is 0. The molecule has 0 aromatic carbocycles. The number of nitrogens with one attached hydrogen (secondary N) is 1. The minimum Gasteiger partial charge on any atom is -0.480 e. The molecule has 0 fully saturated rings. The minimum absolute atomic E-state index is 0.116. The molecule has 0 spiro atoms. The number of hydrogen-bond acceptors (Lipinski definition) is 2. The van der Waals surface area contributed by atoms with E-state index in [-0.39, 0.29) is 11.8 Å². The number of halogens is 1. The Kier molecular flexibility index (Phi) is 6.26. The first-order valence-electron chi connectivity index (χ1n) is 6.80. The molecule has 6 heteroatoms. The van der Waals surface area contributed by atoms with Crippen LogP contribution < -0.4 is 5.32 Å². The van der Waals surface area contributed by atoms with Crippen molar-refractivity contribution >= 4 is 27.8 Å². The van der Waals surface area contributed by atoms with Gasteiger partial charge in [0, 0.05) is 17.2 Å². The van der Waals surface area contributed by atoms with E-state index in [9.17, 15) is 14.7 Å². The SMILES string of the molecule is CCCn1cc(Br)cc1C(=O)NC(C(=O)O)C(C)CC. The van der Waals surface area contributed by atoms with Gasteiger partial charge in [-0.15, -0.1) is 0 Å². The maximum atomic E-state index is 12.3. The zero-order valence-corrected chi connectivity index (χ0v) is 13.6. The molecule has 20 heavy (non-hydrogen) atoms. The highest BCUT2D eigenvalue weighted by Crippen LogP contribution is 2.16. The highest BCUT2D eigenvalue weighted by Gasteiger charge is 2.26. The quantitative estimate of drug-likeness (QED) is 0.798. The summed E-state index contributed by atoms with van der Waals surface area (Å²) in [6, 6.07) is 0.844. The van der Waals surface area contributed by atoms with Crippen molar-refractivity contribution in [1.82, 2.24) is 9.88 Å². The van der Waals surface area contributed by atoms with Gasteiger partial charge in [0.2, 0.25) is 0 Å². The summed E-state index contributed by atoms with van der Waals surface area (Å²) in [5.41, 5.74) is 0.480. The van der Waals surface area contributed by atoms with Crippen LogP contribution in [0.15, 0.2) is 16.7 Å². The monoisotopic (exact) mass is 344 g/mol. The van der Waals surface area contributed by atoms with Crippen molar-refractivity contribution in [3.05, 3.63) is 22.4 Å². The molecule has 0 aliphatic rings. The largest absolute Gasteiger partial charge is 0.480 e. The molecule has 1 rings (SSSR count). The van der Waals surface area contributed by atoms with E-state index in [1.165, 1.54) is 0 Å². The van der Waals surface area contributed by atoms with E-state index in [4.69, 9.17) is 0 Å². The molecule has 112 valence electrons. The van der Waals surface area contributed by atoms with Crippen LogP contribution in [0, 0.1) is 5.92 Å². The standard InChI is InChI=1S/C14H21BrN2O3/c1-4-6-17-8-10(15)7-11(17)13(18)16-12(14(19)20)9(3)5-2/h7-9,12H,4-6H2,1-3H3,(H,16,18)(H,19,20). The molecule has 1 aromatic heterocycles. The van der Waals surface area contributed by atoms with Crippen LogP contribution in [-0.2, 0) is 11.3 Å². The van der Waals surface area contributed by atoms with E-state index < -0.39 is 12.0 Å². The molecule has 0 saturated heterocycles. The van der Waals surface area contributed by atoms with Crippen LogP contribution in [0.4, 0.5) is 0 Å². The number of carboxylic acids is 1. The van der Waals surface area contributed by atoms with E-state index in [0.29, 0.717) is 12.1 Å². The summed E-state index contributed by atoms with van der Waals surface area (Å²) in [5.74, 6) is -1.47. The number of carbonyl (C=O) groups is 2. The maximum Gasteiger partial charge on any atom is 0.326 e. The molecule has 5 nitrogen and oxygen atoms in total. The molecule has 0 bridgehead atoms. The fourth-order valence-electron chi connectivity index (χ4n) is 1.99. The summed E-state index contributed by atoms with van der Waals surface area (Å²) in [5, 5.41) is 11.8. The highest BCUT2D eigenvalue weighted by molar-refractivity contribution is 9.10. The van der Waals surface area contributed by atoms with Crippen molar-refractivity contribution in [1.29, 1.82) is 0 Å². The Hall–Kier alpha value is -1.30. The second-order valence-electron chi connectivity index (χ2n) is 4.91. The van der Waals surface area contributed by atoms with Crippen LogP contribution in [0.5, 0.6) is 0 Å². The van der Waals surface area contributed by atoms with Gasteiger partial charge in [0.05, 0.1) is 0 Å². The lowest BCUT2D eigenvalue weighted by atomic mass is 9.99. The van der Waals surface area contributed by atoms with Gasteiger partial charge >= 0.3 is 5.97 Å². The lowest BCUT2D eigenvalue weighted by molar-refractivity contribution is -0.140. The molecule has 2 atom stereocenters. The Morgan fingerprint density at radius 2 is 2.10 bits per heavy atom. The van der Waals surface area contributed by atoms with Gasteiger partial charge in [-0.25, -0.2) is 4.79 Å². The van der Waals surface area contributed by atoms with Gasteiger partial charge in [0.1, 0.15) is 11.7 Å². The van der Waals surface area contributed by atoms with Crippen molar-refractivity contribution in [3.8, 4) is 0 Å². The van der Waals surface area contributed by atoms with Crippen LogP contribution >= 0.6 is 15.9 Å². The molecule has 1 amide bonds. The van der Waals surface area contributed by atoms with Crippen LogP contribution in [0.2, 0.25) is 0 Å². The first-order chi connectivity index (χ1) is 9.40. The van der Waals surface area contributed by atoms with Crippen LogP contribution in [0.1, 0.15) is 44.1 Å². The molecule has 1 aromatic rings. The van der Waals surface area contributed by atoms with Gasteiger partial charge in [0.25, 0.3) is 5.91 Å². The number of rotatable bonds is 7. The average Bonchev–Trinajstić information content (AvgIpc) is 2.76. The van der Waals surface area contributed by atoms with E-state index in [1.807, 2.05) is 31.5 Å². The number of aliphatic carboxylic acids is 1. The number of amides is 1. The molecule has 0 aliphatic carbocycles. The Labute approximate surface area is 127 Å². The smallest absolute Gasteiger partial charge is 0.326 e. The van der Waals surface area contributed by atoms with Gasteiger partial charge < -0.3 is 15.0 Å². The van der Waals surface area contributed by atoms with Gasteiger partial charge in [-0.1, -0.05) is 27.2 Å². The Balaban J connectivity index is 2.91.